The quantitative estimate of drug-likeness (QED) is 0.165. The van der Waals surface area contributed by atoms with Gasteiger partial charge >= 0.3 is 12.4 Å². The fourth-order valence-corrected chi connectivity index (χ4v) is 14.8. The molecule has 2 aliphatic carbocycles. The van der Waals surface area contributed by atoms with E-state index in [4.69, 9.17) is 4.74 Å². The highest BCUT2D eigenvalue weighted by Gasteiger charge is 2.54. The first-order valence-corrected chi connectivity index (χ1v) is 36.6. The topological polar surface area (TPSA) is 279 Å². The third kappa shape index (κ3) is 20.1. The minimum absolute atomic E-state index is 0.0359. The summed E-state index contributed by atoms with van der Waals surface area (Å²) in [4.78, 5) is 190. The van der Waals surface area contributed by atoms with Crippen LogP contribution in [0.5, 0.6) is 0 Å². The molecule has 0 radical (unpaired) electrons. The third-order valence-corrected chi connectivity index (χ3v) is 21.8. The molecule has 2 bridgehead atoms. The molecule has 2 saturated carbocycles. The Kier molecular flexibility index (Phi) is 29.1. The number of fused-ring (bicyclic) bond motifs is 3. The number of carbonyl (C=O) groups is 12. The lowest BCUT2D eigenvalue weighted by Crippen LogP contribution is -2.68. The molecule has 3 N–H and O–H groups in total. The first kappa shape index (κ1) is 85.5. The smallest absolute Gasteiger partial charge is 0.377 e. The minimum atomic E-state index is -5.46. The van der Waals surface area contributed by atoms with Crippen LogP contribution >= 0.6 is 0 Å². The van der Waals surface area contributed by atoms with Gasteiger partial charge in [-0.15, -0.1) is 0 Å². The van der Waals surface area contributed by atoms with E-state index in [0.29, 0.717) is 50.7 Å². The van der Waals surface area contributed by atoms with E-state index in [0.717, 1.165) is 65.6 Å². The van der Waals surface area contributed by atoms with Gasteiger partial charge in [-0.1, -0.05) is 57.4 Å². The van der Waals surface area contributed by atoms with E-state index in [9.17, 15) is 55.1 Å². The van der Waals surface area contributed by atoms with Crippen molar-refractivity contribution in [1.82, 2.24) is 60.0 Å². The van der Waals surface area contributed by atoms with Gasteiger partial charge in [0.2, 0.25) is 70.9 Å². The van der Waals surface area contributed by atoms with E-state index in [2.05, 4.69) is 16.0 Å². The summed E-state index contributed by atoms with van der Waals surface area (Å²) in [6.45, 7) is 8.02. The highest BCUT2D eigenvalue weighted by Crippen LogP contribution is 2.40. The van der Waals surface area contributed by atoms with Gasteiger partial charge in [-0.25, -0.2) is 8.78 Å². The van der Waals surface area contributed by atoms with Crippen molar-refractivity contribution in [2.75, 3.05) is 88.2 Å². The van der Waals surface area contributed by atoms with Crippen molar-refractivity contribution in [1.29, 1.82) is 0 Å². The maximum absolute atomic E-state index is 15.5. The number of amides is 12. The summed E-state index contributed by atoms with van der Waals surface area (Å²) in [7, 11) is 7.76. The molecule has 33 heteroatoms. The molecule has 2 saturated heterocycles. The fraction of sp³-hybridized carbons (Fsp3) is 0.649. The van der Waals surface area contributed by atoms with Crippen LogP contribution in [0.25, 0.3) is 0 Å². The Morgan fingerprint density at radius 3 is 1.85 bits per heavy atom. The molecule has 3 heterocycles. The average Bonchev–Trinajstić information content (AvgIpc) is 1.75. The normalized spacial score (nSPS) is 26.2. The predicted molar refractivity (Wildman–Crippen MR) is 374 cm³/mol. The molecule has 0 unspecified atom stereocenters. The van der Waals surface area contributed by atoms with Crippen LogP contribution in [0, 0.1) is 23.5 Å². The van der Waals surface area contributed by atoms with Crippen molar-refractivity contribution in [3.63, 3.8) is 0 Å². The van der Waals surface area contributed by atoms with Crippen molar-refractivity contribution >= 4 is 70.9 Å². The van der Waals surface area contributed by atoms with E-state index in [1.807, 2.05) is 0 Å². The molecule has 12 amide bonds. The Bertz CT molecular complexity index is 3600. The number of rotatable bonds is 13. The Balaban J connectivity index is 1.34. The second-order valence-electron chi connectivity index (χ2n) is 28.8. The molecule has 7 rings (SSSR count). The highest BCUT2D eigenvalue weighted by molar-refractivity contribution is 6.01. The lowest BCUT2D eigenvalue weighted by atomic mass is 9.74. The van der Waals surface area contributed by atoms with Crippen LogP contribution in [0.2, 0.25) is 0 Å². The van der Waals surface area contributed by atoms with Crippen molar-refractivity contribution in [3.05, 3.63) is 82.4 Å². The van der Waals surface area contributed by atoms with E-state index in [1.54, 1.807) is 46.8 Å². The van der Waals surface area contributed by atoms with Crippen LogP contribution < -0.4 is 16.0 Å². The van der Waals surface area contributed by atoms with Crippen LogP contribution in [0.3, 0.4) is 0 Å². The molecule has 2 aromatic carbocycles. The number of alkyl halides is 6. The number of nitrogens with one attached hydrogen (secondary N) is 3. The molecular formula is C74H102F8N12O13. The Hall–Kier alpha value is -8.78. The molecular weight excluding hydrogens is 1420 g/mol. The van der Waals surface area contributed by atoms with Gasteiger partial charge in [0.1, 0.15) is 71.1 Å². The fourth-order valence-electron chi connectivity index (χ4n) is 14.8. The monoisotopic (exact) mass is 1520 g/mol. The number of nitrogens with zero attached hydrogens (tertiary/aromatic N) is 9. The number of hydrogen-bond acceptors (Lipinski definition) is 13. The Morgan fingerprint density at radius 2 is 1.29 bits per heavy atom. The van der Waals surface area contributed by atoms with Crippen LogP contribution in [-0.2, 0) is 87.5 Å². The van der Waals surface area contributed by atoms with Gasteiger partial charge in [-0.05, 0) is 133 Å². The first-order chi connectivity index (χ1) is 50.2. The molecule has 10 atom stereocenters. The van der Waals surface area contributed by atoms with Gasteiger partial charge in [-0.3, -0.25) is 57.5 Å². The van der Waals surface area contributed by atoms with Crippen LogP contribution in [0.4, 0.5) is 35.1 Å². The summed E-state index contributed by atoms with van der Waals surface area (Å²) in [5, 5.41) is 8.18. The highest BCUT2D eigenvalue weighted by atomic mass is 19.4. The van der Waals surface area contributed by atoms with Crippen LogP contribution in [0.1, 0.15) is 147 Å². The first-order valence-electron chi connectivity index (χ1n) is 36.6. The standard InChI is InChI=1S/C74H102F8N12O13/c1-13-43(5)61-69(104)87(8)42-59(97)89(10)53-25-18-17-21-34-93(68(53)103)56(37-45-26-29-48(30-27-45)73(77,78)79)66(101)86(7)41-57(95)83-52(31-28-46-35-50(75)60(51(76)36-46)74(80,81)82)65(100)94-40-49(107-16-4)38-54(94)64(99)85-72(32-22-33-72)71(106)91(12)62(47-23-19-20-24-47)70(105)90(11)55(67(102)92(14-2)15-3)39-58(96)88(9)44(6)63(98)84-61/h17-18,26-27,29-30,35-36,43-44,47,49,52-56,61-62H,13-16,19-25,28,31-34,37-42H2,1-12H3,(H,83,95)(H,84,98)(H,85,99)/b18-17-/t43-,44-,49+,52-,53-,54-,55-,56-,61-,62-/m0/s1. The van der Waals surface area contributed by atoms with Gasteiger partial charge in [0.25, 0.3) is 0 Å². The predicted octanol–water partition coefficient (Wildman–Crippen LogP) is 5.49. The SMILES string of the molecule is CCO[C@@H]1C[C@H]2C(=O)NC3(CCC3)C(=O)N(C)[C@@H](C3CCCC3)C(=O)N(C)[C@H](C(=O)N(CC)CC)CC(=O)N(C)[C@@H](C)C(=O)N[C@@H]([C@@H](C)CC)C(=O)N(C)CC(=O)N(C)[C@H]3C/C=C\CCN(C3=O)[C@@H](Cc3ccc(C(F)(F)F)cc3)C(=O)N(C)CC(=O)N[C@@H](CCc3cc(F)c(C(F)(F)F)c(F)c3)C(=O)N2C1. The van der Waals surface area contributed by atoms with Crippen molar-refractivity contribution < 1.29 is 97.4 Å². The summed E-state index contributed by atoms with van der Waals surface area (Å²) in [5.74, 6) is -15.1. The van der Waals surface area contributed by atoms with E-state index in [-0.39, 0.29) is 70.5 Å². The number of hydrogen-bond donors (Lipinski definition) is 3. The number of carbonyl (C=O) groups excluding carboxylic acids is 12. The lowest BCUT2D eigenvalue weighted by Gasteiger charge is -2.46. The van der Waals surface area contributed by atoms with E-state index >= 15 is 37.5 Å². The molecule has 3 aliphatic heterocycles. The molecule has 25 nitrogen and oxygen atoms in total. The van der Waals surface area contributed by atoms with Crippen molar-refractivity contribution in [2.45, 2.75) is 210 Å². The second kappa shape index (κ2) is 36.4. The molecule has 592 valence electrons. The van der Waals surface area contributed by atoms with Crippen molar-refractivity contribution in [3.8, 4) is 0 Å². The summed E-state index contributed by atoms with van der Waals surface area (Å²) >= 11 is 0. The zero-order valence-electron chi connectivity index (χ0n) is 62.9. The number of ether oxygens (including phenoxy) is 1. The number of likely N-dealkylation sites (N-methyl/N-ethyl adjacent to an activating group) is 7. The van der Waals surface area contributed by atoms with Crippen molar-refractivity contribution in [2.24, 2.45) is 11.8 Å². The van der Waals surface area contributed by atoms with Gasteiger partial charge in [0, 0.05) is 87.9 Å². The minimum Gasteiger partial charge on any atom is -0.377 e. The van der Waals surface area contributed by atoms with Gasteiger partial charge in [0.15, 0.2) is 0 Å². The van der Waals surface area contributed by atoms with Gasteiger partial charge in [0.05, 0.1) is 31.2 Å². The van der Waals surface area contributed by atoms with E-state index in [1.165, 1.54) is 52.0 Å². The molecule has 5 aliphatic rings. The molecule has 107 heavy (non-hydrogen) atoms. The molecule has 1 spiro atoms. The summed E-state index contributed by atoms with van der Waals surface area (Å²) in [6, 6.07) is -7.34. The molecule has 4 fully saturated rings. The third-order valence-electron chi connectivity index (χ3n) is 21.8. The van der Waals surface area contributed by atoms with E-state index < -0.39 is 222 Å². The zero-order chi connectivity index (χ0) is 79.5. The Labute approximate surface area is 618 Å². The second-order valence-corrected chi connectivity index (χ2v) is 28.8. The van der Waals surface area contributed by atoms with Crippen LogP contribution in [0.15, 0.2) is 48.6 Å². The van der Waals surface area contributed by atoms with Crippen LogP contribution in [-0.4, -0.2) is 263 Å². The average molecular weight is 1520 g/mol. The summed E-state index contributed by atoms with van der Waals surface area (Å²) in [6.07, 6.45) is -7.47. The maximum Gasteiger partial charge on any atom is 0.422 e. The maximum atomic E-state index is 15.5. The lowest BCUT2D eigenvalue weighted by molar-refractivity contribution is -0.158. The summed E-state index contributed by atoms with van der Waals surface area (Å²) in [5.41, 5.74) is -5.25. The number of benzene rings is 2. The summed E-state index contributed by atoms with van der Waals surface area (Å²) < 4.78 is 120. The molecule has 0 aromatic heterocycles. The number of aryl methyl sites for hydroxylation is 1. The Morgan fingerprint density at radius 1 is 0.673 bits per heavy atom. The largest absolute Gasteiger partial charge is 0.422 e. The van der Waals surface area contributed by atoms with Gasteiger partial charge in [-0.2, -0.15) is 26.3 Å². The number of halogens is 8. The van der Waals surface area contributed by atoms with Gasteiger partial charge < -0.3 is 64.8 Å². The molecule has 2 aromatic rings. The zero-order valence-corrected chi connectivity index (χ0v) is 62.9.